The molecule has 1 unspecified atom stereocenters. The molecule has 5 heteroatoms. The van der Waals surface area contributed by atoms with Gasteiger partial charge in [0.2, 0.25) is 0 Å². The van der Waals surface area contributed by atoms with E-state index >= 15 is 0 Å². The lowest BCUT2D eigenvalue weighted by Gasteiger charge is -2.42. The highest BCUT2D eigenvalue weighted by Gasteiger charge is 2.39. The fourth-order valence-electron chi connectivity index (χ4n) is 3.30. The van der Waals surface area contributed by atoms with Crippen LogP contribution in [0.2, 0.25) is 0 Å². The van der Waals surface area contributed by atoms with E-state index in [0.717, 1.165) is 29.5 Å². The molecular formula is C16H25BrN2O2. The normalized spacial score (nSPS) is 19.2. The van der Waals surface area contributed by atoms with Gasteiger partial charge in [-0.05, 0) is 43.0 Å². The molecular weight excluding hydrogens is 332 g/mol. The van der Waals surface area contributed by atoms with E-state index in [1.54, 1.807) is 14.2 Å². The van der Waals surface area contributed by atoms with Gasteiger partial charge in [-0.15, -0.1) is 0 Å². The van der Waals surface area contributed by atoms with Gasteiger partial charge in [0.15, 0.2) is 0 Å². The number of nitrogens with two attached hydrogens (primary N) is 1. The predicted octanol–water partition coefficient (Wildman–Crippen LogP) is 3.18. The zero-order chi connectivity index (χ0) is 15.3. The largest absolute Gasteiger partial charge is 0.497 e. The van der Waals surface area contributed by atoms with E-state index in [0.29, 0.717) is 0 Å². The van der Waals surface area contributed by atoms with E-state index in [1.807, 2.05) is 12.1 Å². The molecule has 0 aromatic heterocycles. The molecule has 0 amide bonds. The van der Waals surface area contributed by atoms with E-state index in [4.69, 9.17) is 15.3 Å². The van der Waals surface area contributed by atoms with Gasteiger partial charge in [-0.25, -0.2) is 0 Å². The third kappa shape index (κ3) is 3.77. The Labute approximate surface area is 135 Å². The fourth-order valence-corrected chi connectivity index (χ4v) is 3.70. The Hall–Kier alpha value is -0.620. The highest BCUT2D eigenvalue weighted by Crippen LogP contribution is 2.36. The predicted molar refractivity (Wildman–Crippen MR) is 88.3 cm³/mol. The number of benzene rings is 1. The number of hydrogen-bond acceptors (Lipinski definition) is 4. The van der Waals surface area contributed by atoms with Gasteiger partial charge in [-0.3, -0.25) is 11.3 Å². The second-order valence-corrected chi connectivity index (χ2v) is 6.56. The molecule has 1 aromatic rings. The summed E-state index contributed by atoms with van der Waals surface area (Å²) in [5.74, 6) is 6.72. The summed E-state index contributed by atoms with van der Waals surface area (Å²) in [7, 11) is 3.49. The van der Waals surface area contributed by atoms with Crippen LogP contribution in [0.5, 0.6) is 5.75 Å². The molecule has 1 aromatic carbocycles. The monoisotopic (exact) mass is 356 g/mol. The van der Waals surface area contributed by atoms with Crippen LogP contribution in [0, 0.1) is 0 Å². The first-order chi connectivity index (χ1) is 10.1. The molecule has 0 spiro atoms. The molecule has 1 saturated carbocycles. The zero-order valence-corrected chi connectivity index (χ0v) is 14.4. The van der Waals surface area contributed by atoms with Crippen LogP contribution in [0.15, 0.2) is 22.7 Å². The topological polar surface area (TPSA) is 56.5 Å². The number of hydrazine groups is 1. The summed E-state index contributed by atoms with van der Waals surface area (Å²) in [5, 5.41) is 0. The first-order valence-electron chi connectivity index (χ1n) is 7.49. The van der Waals surface area contributed by atoms with Crippen molar-refractivity contribution in [3.05, 3.63) is 28.2 Å². The summed E-state index contributed by atoms with van der Waals surface area (Å²) in [4.78, 5) is 0. The van der Waals surface area contributed by atoms with Crippen LogP contribution in [-0.4, -0.2) is 25.9 Å². The third-order valence-corrected chi connectivity index (χ3v) is 5.39. The molecule has 2 rings (SSSR count). The van der Waals surface area contributed by atoms with Crippen LogP contribution in [0.25, 0.3) is 0 Å². The van der Waals surface area contributed by atoms with Crippen LogP contribution in [0.1, 0.15) is 37.7 Å². The van der Waals surface area contributed by atoms with Gasteiger partial charge in [-0.2, -0.15) is 0 Å². The molecule has 0 aliphatic heterocycles. The SMILES string of the molecule is COc1ccc(Br)c(CC(NN)C2(OC)CCCCC2)c1. The number of halogens is 1. The number of rotatable bonds is 6. The minimum Gasteiger partial charge on any atom is -0.497 e. The van der Waals surface area contributed by atoms with Crippen molar-refractivity contribution in [3.8, 4) is 5.75 Å². The van der Waals surface area contributed by atoms with Crippen LogP contribution in [-0.2, 0) is 11.2 Å². The standard InChI is InChI=1S/C16H25BrN2O2/c1-20-13-6-7-14(17)12(10-13)11-15(19-18)16(21-2)8-4-3-5-9-16/h6-7,10,15,19H,3-5,8-9,11,18H2,1-2H3. The van der Waals surface area contributed by atoms with Gasteiger partial charge in [0, 0.05) is 11.6 Å². The molecule has 0 radical (unpaired) electrons. The Morgan fingerprint density at radius 2 is 2.00 bits per heavy atom. The van der Waals surface area contributed by atoms with Crippen LogP contribution < -0.4 is 16.0 Å². The second-order valence-electron chi connectivity index (χ2n) is 5.71. The molecule has 1 atom stereocenters. The average Bonchev–Trinajstić information content (AvgIpc) is 2.54. The lowest BCUT2D eigenvalue weighted by molar-refractivity contribution is -0.0674. The minimum atomic E-state index is -0.171. The molecule has 0 saturated heterocycles. The van der Waals surface area contributed by atoms with Gasteiger partial charge in [0.05, 0.1) is 18.8 Å². The van der Waals surface area contributed by atoms with Gasteiger partial charge >= 0.3 is 0 Å². The molecule has 1 aliphatic rings. The molecule has 4 nitrogen and oxygen atoms in total. The van der Waals surface area contributed by atoms with Crippen molar-refractivity contribution in [1.29, 1.82) is 0 Å². The molecule has 3 N–H and O–H groups in total. The van der Waals surface area contributed by atoms with Crippen LogP contribution >= 0.6 is 15.9 Å². The van der Waals surface area contributed by atoms with Gasteiger partial charge < -0.3 is 9.47 Å². The van der Waals surface area contributed by atoms with Gasteiger partial charge in [0.1, 0.15) is 5.75 Å². The summed E-state index contributed by atoms with van der Waals surface area (Å²) in [6.45, 7) is 0. The Bertz CT molecular complexity index is 462. The molecule has 118 valence electrons. The summed E-state index contributed by atoms with van der Waals surface area (Å²) >= 11 is 3.62. The first kappa shape index (κ1) is 16.7. The third-order valence-electron chi connectivity index (χ3n) is 4.62. The fraction of sp³-hybridized carbons (Fsp3) is 0.625. The zero-order valence-electron chi connectivity index (χ0n) is 12.8. The van der Waals surface area contributed by atoms with Crippen molar-refractivity contribution < 1.29 is 9.47 Å². The Kier molecular flexibility index (Phi) is 6.05. The van der Waals surface area contributed by atoms with Crippen LogP contribution in [0.3, 0.4) is 0 Å². The number of hydrogen-bond donors (Lipinski definition) is 2. The Balaban J connectivity index is 2.21. The average molecular weight is 357 g/mol. The Morgan fingerprint density at radius 1 is 1.29 bits per heavy atom. The van der Waals surface area contributed by atoms with Gasteiger partial charge in [0.25, 0.3) is 0 Å². The van der Waals surface area contributed by atoms with E-state index in [1.165, 1.54) is 24.8 Å². The minimum absolute atomic E-state index is 0.0891. The molecule has 0 heterocycles. The quantitative estimate of drug-likeness (QED) is 0.607. The Morgan fingerprint density at radius 3 is 2.57 bits per heavy atom. The lowest BCUT2D eigenvalue weighted by Crippen LogP contribution is -2.56. The summed E-state index contributed by atoms with van der Waals surface area (Å²) in [5.41, 5.74) is 4.00. The number of nitrogens with one attached hydrogen (secondary N) is 1. The molecule has 0 bridgehead atoms. The molecule has 1 aliphatic carbocycles. The lowest BCUT2D eigenvalue weighted by atomic mass is 9.77. The first-order valence-corrected chi connectivity index (χ1v) is 8.28. The second kappa shape index (κ2) is 7.58. The van der Waals surface area contributed by atoms with E-state index < -0.39 is 0 Å². The summed E-state index contributed by atoms with van der Waals surface area (Å²) in [6.07, 6.45) is 6.60. The smallest absolute Gasteiger partial charge is 0.119 e. The van der Waals surface area contributed by atoms with Crippen molar-refractivity contribution in [2.45, 2.75) is 50.2 Å². The number of methoxy groups -OCH3 is 2. The highest BCUT2D eigenvalue weighted by atomic mass is 79.9. The maximum absolute atomic E-state index is 5.91. The summed E-state index contributed by atoms with van der Waals surface area (Å²) in [6, 6.07) is 6.11. The molecule has 21 heavy (non-hydrogen) atoms. The maximum Gasteiger partial charge on any atom is 0.119 e. The van der Waals surface area contributed by atoms with Crippen molar-refractivity contribution in [1.82, 2.24) is 5.43 Å². The highest BCUT2D eigenvalue weighted by molar-refractivity contribution is 9.10. The maximum atomic E-state index is 5.91. The van der Waals surface area contributed by atoms with Crippen molar-refractivity contribution >= 4 is 15.9 Å². The van der Waals surface area contributed by atoms with E-state index in [9.17, 15) is 0 Å². The van der Waals surface area contributed by atoms with E-state index in [-0.39, 0.29) is 11.6 Å². The van der Waals surface area contributed by atoms with Crippen LogP contribution in [0.4, 0.5) is 0 Å². The van der Waals surface area contributed by atoms with Gasteiger partial charge in [-0.1, -0.05) is 35.2 Å². The van der Waals surface area contributed by atoms with Crippen molar-refractivity contribution in [3.63, 3.8) is 0 Å². The van der Waals surface area contributed by atoms with Crippen molar-refractivity contribution in [2.24, 2.45) is 5.84 Å². The van der Waals surface area contributed by atoms with E-state index in [2.05, 4.69) is 27.4 Å². The molecule has 1 fully saturated rings. The summed E-state index contributed by atoms with van der Waals surface area (Å²) < 4.78 is 12.3. The van der Waals surface area contributed by atoms with Crippen molar-refractivity contribution in [2.75, 3.05) is 14.2 Å². The number of ether oxygens (including phenoxy) is 2.